The highest BCUT2D eigenvalue weighted by Crippen LogP contribution is 2.48. The summed E-state index contributed by atoms with van der Waals surface area (Å²) in [5.41, 5.74) is 1.18. The van der Waals surface area contributed by atoms with E-state index < -0.39 is 11.4 Å². The molecule has 1 aliphatic rings. The summed E-state index contributed by atoms with van der Waals surface area (Å²) >= 11 is 0. The third kappa shape index (κ3) is 1.99. The maximum absolute atomic E-state index is 12.2. The van der Waals surface area contributed by atoms with E-state index in [0.29, 0.717) is 24.0 Å². The molecule has 0 saturated heterocycles. The zero-order valence-electron chi connectivity index (χ0n) is 10.7. The second kappa shape index (κ2) is 4.56. The number of rotatable bonds is 4. The minimum absolute atomic E-state index is 0.0841. The van der Waals surface area contributed by atoms with Crippen molar-refractivity contribution in [2.75, 3.05) is 0 Å². The molecular formula is C16H13NO3. The smallest absolute Gasteiger partial charge is 0.314 e. The second-order valence-corrected chi connectivity index (χ2v) is 5.03. The number of pyridine rings is 1. The van der Waals surface area contributed by atoms with Crippen LogP contribution in [0.1, 0.15) is 34.3 Å². The number of carbonyl (C=O) groups excluding carboxylic acids is 1. The lowest BCUT2D eigenvalue weighted by molar-refractivity contribution is -0.140. The fraction of sp³-hybridized carbons (Fsp3) is 0.188. The van der Waals surface area contributed by atoms with Gasteiger partial charge in [0.2, 0.25) is 0 Å². The van der Waals surface area contributed by atoms with Gasteiger partial charge in [-0.05, 0) is 30.5 Å². The zero-order chi connectivity index (χ0) is 14.2. The van der Waals surface area contributed by atoms with E-state index in [9.17, 15) is 14.7 Å². The average molecular weight is 267 g/mol. The maximum atomic E-state index is 12.2. The van der Waals surface area contributed by atoms with Gasteiger partial charge in [-0.1, -0.05) is 24.3 Å². The molecule has 3 rings (SSSR count). The number of carboxylic acid groups (broad SMARTS) is 1. The fourth-order valence-corrected chi connectivity index (χ4v) is 2.36. The Morgan fingerprint density at radius 3 is 2.00 bits per heavy atom. The molecule has 0 aliphatic heterocycles. The maximum Gasteiger partial charge on any atom is 0.314 e. The van der Waals surface area contributed by atoms with Crippen molar-refractivity contribution < 1.29 is 14.7 Å². The molecule has 0 atom stereocenters. The number of carboxylic acids is 1. The molecular weight excluding hydrogens is 254 g/mol. The van der Waals surface area contributed by atoms with E-state index in [4.69, 9.17) is 0 Å². The van der Waals surface area contributed by atoms with E-state index >= 15 is 0 Å². The third-order valence-electron chi connectivity index (χ3n) is 3.80. The van der Waals surface area contributed by atoms with Crippen molar-refractivity contribution in [2.24, 2.45) is 0 Å². The highest BCUT2D eigenvalue weighted by Gasteiger charge is 2.51. The molecule has 0 unspecified atom stereocenters. The molecule has 1 fully saturated rings. The Kier molecular flexibility index (Phi) is 2.86. The molecule has 1 aromatic carbocycles. The molecule has 4 heteroatoms. The number of carbonyl (C=O) groups is 2. The Balaban J connectivity index is 1.87. The van der Waals surface area contributed by atoms with E-state index in [1.54, 1.807) is 48.8 Å². The van der Waals surface area contributed by atoms with Gasteiger partial charge in [0.05, 0.1) is 5.41 Å². The van der Waals surface area contributed by atoms with Gasteiger partial charge in [-0.2, -0.15) is 0 Å². The highest BCUT2D eigenvalue weighted by molar-refractivity contribution is 6.08. The number of benzene rings is 1. The Morgan fingerprint density at radius 2 is 1.50 bits per heavy atom. The van der Waals surface area contributed by atoms with E-state index in [2.05, 4.69) is 4.98 Å². The van der Waals surface area contributed by atoms with Crippen molar-refractivity contribution in [3.8, 4) is 0 Å². The average Bonchev–Trinajstić information content (AvgIpc) is 3.29. The van der Waals surface area contributed by atoms with Crippen LogP contribution in [0.4, 0.5) is 0 Å². The number of hydrogen-bond donors (Lipinski definition) is 1. The summed E-state index contributed by atoms with van der Waals surface area (Å²) in [6, 6.07) is 10.2. The SMILES string of the molecule is O=C(c1ccncc1)c1ccc(C2(C(=O)O)CC2)cc1. The molecule has 1 aromatic heterocycles. The van der Waals surface area contributed by atoms with Gasteiger partial charge in [-0.3, -0.25) is 14.6 Å². The highest BCUT2D eigenvalue weighted by atomic mass is 16.4. The van der Waals surface area contributed by atoms with Crippen LogP contribution in [-0.2, 0) is 10.2 Å². The van der Waals surface area contributed by atoms with Crippen LogP contribution in [0, 0.1) is 0 Å². The summed E-state index contributed by atoms with van der Waals surface area (Å²) in [6.07, 6.45) is 4.48. The lowest BCUT2D eigenvalue weighted by Gasteiger charge is -2.10. The Bertz CT molecular complexity index is 658. The normalized spacial score (nSPS) is 15.6. The van der Waals surface area contributed by atoms with Crippen molar-refractivity contribution in [1.82, 2.24) is 4.98 Å². The molecule has 100 valence electrons. The van der Waals surface area contributed by atoms with Gasteiger partial charge in [0.15, 0.2) is 5.78 Å². The van der Waals surface area contributed by atoms with Gasteiger partial charge in [0.25, 0.3) is 0 Å². The minimum atomic E-state index is -0.786. The van der Waals surface area contributed by atoms with E-state index in [-0.39, 0.29) is 5.78 Å². The third-order valence-corrected chi connectivity index (χ3v) is 3.80. The van der Waals surface area contributed by atoms with E-state index in [1.165, 1.54) is 0 Å². The van der Waals surface area contributed by atoms with Crippen molar-refractivity contribution in [3.63, 3.8) is 0 Å². The summed E-state index contributed by atoms with van der Waals surface area (Å²) < 4.78 is 0. The Morgan fingerprint density at radius 1 is 0.950 bits per heavy atom. The molecule has 0 radical (unpaired) electrons. The summed E-state index contributed by atoms with van der Waals surface area (Å²) in [6.45, 7) is 0. The number of hydrogen-bond acceptors (Lipinski definition) is 3. The van der Waals surface area contributed by atoms with E-state index in [0.717, 1.165) is 5.56 Å². The summed E-state index contributed by atoms with van der Waals surface area (Å²) in [4.78, 5) is 27.3. The van der Waals surface area contributed by atoms with Gasteiger partial charge in [-0.25, -0.2) is 0 Å². The molecule has 0 spiro atoms. The first kappa shape index (κ1) is 12.5. The molecule has 1 N–H and O–H groups in total. The number of nitrogens with zero attached hydrogens (tertiary/aromatic N) is 1. The van der Waals surface area contributed by atoms with Crippen molar-refractivity contribution in [3.05, 3.63) is 65.5 Å². The predicted molar refractivity (Wildman–Crippen MR) is 72.7 cm³/mol. The largest absolute Gasteiger partial charge is 0.481 e. The van der Waals surface area contributed by atoms with Crippen LogP contribution < -0.4 is 0 Å². The zero-order valence-corrected chi connectivity index (χ0v) is 10.7. The molecule has 1 saturated carbocycles. The van der Waals surface area contributed by atoms with Crippen molar-refractivity contribution in [1.29, 1.82) is 0 Å². The first-order valence-electron chi connectivity index (χ1n) is 6.42. The Labute approximate surface area is 116 Å². The van der Waals surface area contributed by atoms with Crippen LogP contribution in [0.3, 0.4) is 0 Å². The van der Waals surface area contributed by atoms with Gasteiger partial charge in [0.1, 0.15) is 0 Å². The number of aromatic nitrogens is 1. The predicted octanol–water partition coefficient (Wildman–Crippen LogP) is 2.43. The van der Waals surface area contributed by atoms with Crippen molar-refractivity contribution >= 4 is 11.8 Å². The first-order valence-corrected chi connectivity index (χ1v) is 6.42. The first-order chi connectivity index (χ1) is 9.63. The fourth-order valence-electron chi connectivity index (χ4n) is 2.36. The summed E-state index contributed by atoms with van der Waals surface area (Å²) in [5, 5.41) is 9.24. The molecule has 0 amide bonds. The Hall–Kier alpha value is -2.49. The lowest BCUT2D eigenvalue weighted by atomic mass is 9.94. The molecule has 2 aromatic rings. The van der Waals surface area contributed by atoms with Crippen LogP contribution in [-0.4, -0.2) is 21.8 Å². The van der Waals surface area contributed by atoms with Crippen LogP contribution in [0.25, 0.3) is 0 Å². The summed E-state index contributed by atoms with van der Waals surface area (Å²) in [5.74, 6) is -0.871. The lowest BCUT2D eigenvalue weighted by Crippen LogP contribution is -2.19. The van der Waals surface area contributed by atoms with Crippen LogP contribution in [0.5, 0.6) is 0 Å². The van der Waals surface area contributed by atoms with Crippen LogP contribution in [0.15, 0.2) is 48.8 Å². The van der Waals surface area contributed by atoms with Gasteiger partial charge < -0.3 is 5.11 Å². The van der Waals surface area contributed by atoms with Crippen LogP contribution >= 0.6 is 0 Å². The van der Waals surface area contributed by atoms with E-state index in [1.807, 2.05) is 0 Å². The molecule has 0 bridgehead atoms. The number of aliphatic carboxylic acids is 1. The minimum Gasteiger partial charge on any atom is -0.481 e. The molecule has 4 nitrogen and oxygen atoms in total. The van der Waals surface area contributed by atoms with Crippen LogP contribution in [0.2, 0.25) is 0 Å². The number of ketones is 1. The summed E-state index contributed by atoms with van der Waals surface area (Å²) in [7, 11) is 0. The van der Waals surface area contributed by atoms with Gasteiger partial charge >= 0.3 is 5.97 Å². The molecule has 20 heavy (non-hydrogen) atoms. The topological polar surface area (TPSA) is 67.3 Å². The standard InChI is InChI=1S/C16H13NO3/c18-14(12-5-9-17-10-6-12)11-1-3-13(4-2-11)16(7-8-16)15(19)20/h1-6,9-10H,7-8H2,(H,19,20). The molecule has 1 heterocycles. The van der Waals surface area contributed by atoms with Crippen molar-refractivity contribution in [2.45, 2.75) is 18.3 Å². The molecule has 1 aliphatic carbocycles. The monoisotopic (exact) mass is 267 g/mol. The second-order valence-electron chi connectivity index (χ2n) is 5.03. The van der Waals surface area contributed by atoms with Gasteiger partial charge in [0, 0.05) is 23.5 Å². The van der Waals surface area contributed by atoms with Gasteiger partial charge in [-0.15, -0.1) is 0 Å². The quantitative estimate of drug-likeness (QED) is 0.864.